The second kappa shape index (κ2) is 71.1. The standard InChI is InChI=1S/C77H135NO3/c1-3-5-7-9-11-13-15-17-19-21-23-25-27-29-31-33-35-37-38-39-40-41-43-45-47-49-51-53-55-57-59-61-63-65-67-69-71-73-77(81)78-75(74-79)76(80)72-70-68-66-64-62-60-58-56-54-52-50-48-46-44-42-36-34-32-30-28-26-24-22-20-18-16-14-12-10-8-6-4-2/h5,7,11,13,17,19,23,25,29,31,35,37,39-40,43,45,49,51,55,57,75-76,79-80H,3-4,6,8-10,12,14-16,18,20-22,24,26-28,30,32-34,36,38,41-42,44,46-48,50,52-54,56,58-74H2,1-2H3,(H,78,81)/b7-5-,13-11-,19-17-,25-23-,31-29-,37-35-,40-39-,45-43-,51-49-,57-55-. The van der Waals surface area contributed by atoms with Crippen LogP contribution in [0.1, 0.15) is 341 Å². The van der Waals surface area contributed by atoms with Crippen molar-refractivity contribution in [1.82, 2.24) is 5.32 Å². The molecular formula is C77H135NO3. The van der Waals surface area contributed by atoms with E-state index in [0.717, 1.165) is 103 Å². The summed E-state index contributed by atoms with van der Waals surface area (Å²) in [5.74, 6) is -0.0464. The number of rotatable bonds is 64. The summed E-state index contributed by atoms with van der Waals surface area (Å²) in [7, 11) is 0. The molecule has 81 heavy (non-hydrogen) atoms. The monoisotopic (exact) mass is 1120 g/mol. The van der Waals surface area contributed by atoms with Gasteiger partial charge in [0.1, 0.15) is 0 Å². The summed E-state index contributed by atoms with van der Waals surface area (Å²) >= 11 is 0. The van der Waals surface area contributed by atoms with Gasteiger partial charge in [-0.3, -0.25) is 4.79 Å². The van der Waals surface area contributed by atoms with E-state index >= 15 is 0 Å². The summed E-state index contributed by atoms with van der Waals surface area (Å²) < 4.78 is 0. The molecule has 0 fully saturated rings. The maximum atomic E-state index is 12.6. The minimum atomic E-state index is -0.677. The van der Waals surface area contributed by atoms with Crippen LogP contribution >= 0.6 is 0 Å². The summed E-state index contributed by atoms with van der Waals surface area (Å²) in [5, 5.41) is 23.5. The van der Waals surface area contributed by atoms with Crippen LogP contribution in [-0.2, 0) is 4.79 Å². The lowest BCUT2D eigenvalue weighted by molar-refractivity contribution is -0.123. The second-order valence-corrected chi connectivity index (χ2v) is 23.6. The van der Waals surface area contributed by atoms with E-state index in [9.17, 15) is 15.0 Å². The molecule has 0 aliphatic carbocycles. The van der Waals surface area contributed by atoms with Gasteiger partial charge in [0.15, 0.2) is 0 Å². The van der Waals surface area contributed by atoms with E-state index in [1.54, 1.807) is 0 Å². The normalized spacial score (nSPS) is 13.5. The average Bonchev–Trinajstić information content (AvgIpc) is 3.47. The van der Waals surface area contributed by atoms with Crippen molar-refractivity contribution in [3.63, 3.8) is 0 Å². The highest BCUT2D eigenvalue weighted by Crippen LogP contribution is 2.18. The van der Waals surface area contributed by atoms with Crippen LogP contribution in [0.4, 0.5) is 0 Å². The van der Waals surface area contributed by atoms with Crippen molar-refractivity contribution >= 4 is 5.91 Å². The molecule has 0 aliphatic heterocycles. The van der Waals surface area contributed by atoms with E-state index in [4.69, 9.17) is 0 Å². The number of unbranched alkanes of at least 4 members (excludes halogenated alkanes) is 37. The molecule has 0 bridgehead atoms. The van der Waals surface area contributed by atoms with Gasteiger partial charge in [-0.2, -0.15) is 0 Å². The Hall–Kier alpha value is -3.21. The highest BCUT2D eigenvalue weighted by Gasteiger charge is 2.20. The average molecular weight is 1120 g/mol. The number of carbonyl (C=O) groups excluding carboxylic acids is 1. The fourth-order valence-corrected chi connectivity index (χ4v) is 10.5. The molecule has 0 aliphatic rings. The van der Waals surface area contributed by atoms with Gasteiger partial charge in [0.25, 0.3) is 0 Å². The largest absolute Gasteiger partial charge is 0.394 e. The molecule has 0 rings (SSSR count). The third kappa shape index (κ3) is 67.5. The smallest absolute Gasteiger partial charge is 0.220 e. The lowest BCUT2D eigenvalue weighted by Gasteiger charge is -2.22. The summed E-state index contributed by atoms with van der Waals surface area (Å²) in [4.78, 5) is 12.6. The van der Waals surface area contributed by atoms with Gasteiger partial charge in [-0.15, -0.1) is 0 Å². The molecule has 0 saturated heterocycles. The molecule has 4 heteroatoms. The van der Waals surface area contributed by atoms with Gasteiger partial charge in [0.2, 0.25) is 5.91 Å². The second-order valence-electron chi connectivity index (χ2n) is 23.6. The number of hydrogen-bond donors (Lipinski definition) is 3. The van der Waals surface area contributed by atoms with Gasteiger partial charge in [-0.05, 0) is 89.9 Å². The van der Waals surface area contributed by atoms with Crippen LogP contribution in [0.25, 0.3) is 0 Å². The minimum absolute atomic E-state index is 0.0464. The highest BCUT2D eigenvalue weighted by atomic mass is 16.3. The van der Waals surface area contributed by atoms with Crippen LogP contribution in [0.5, 0.6) is 0 Å². The van der Waals surface area contributed by atoms with Crippen LogP contribution in [0.3, 0.4) is 0 Å². The SMILES string of the molecule is CC/C=C\C/C=C\C/C=C\C/C=C\C/C=C\C/C=C\C/C=C\C/C=C\C/C=C\C/C=C\CCCCCCCCC(=O)NC(CO)C(O)CCCCCCCCCCCCCCCCCCCCCCCCCCCCCCCCCC. The Morgan fingerprint density at radius 1 is 0.309 bits per heavy atom. The maximum Gasteiger partial charge on any atom is 0.220 e. The molecule has 0 aromatic rings. The number of hydrogen-bond acceptors (Lipinski definition) is 3. The Balaban J connectivity index is 3.54. The molecule has 4 nitrogen and oxygen atoms in total. The zero-order chi connectivity index (χ0) is 58.4. The van der Waals surface area contributed by atoms with Crippen LogP contribution in [-0.4, -0.2) is 34.9 Å². The molecular weight excluding hydrogens is 987 g/mol. The number of carbonyl (C=O) groups is 1. The van der Waals surface area contributed by atoms with Crippen molar-refractivity contribution in [3.8, 4) is 0 Å². The van der Waals surface area contributed by atoms with Crippen LogP contribution in [0, 0.1) is 0 Å². The van der Waals surface area contributed by atoms with Gasteiger partial charge in [0, 0.05) is 6.42 Å². The highest BCUT2D eigenvalue weighted by molar-refractivity contribution is 5.76. The quantitative estimate of drug-likeness (QED) is 0.0420. The van der Waals surface area contributed by atoms with E-state index < -0.39 is 12.1 Å². The fourth-order valence-electron chi connectivity index (χ4n) is 10.5. The topological polar surface area (TPSA) is 69.6 Å². The van der Waals surface area contributed by atoms with Crippen molar-refractivity contribution < 1.29 is 15.0 Å². The van der Waals surface area contributed by atoms with Crippen LogP contribution in [0.2, 0.25) is 0 Å². The fraction of sp³-hybridized carbons (Fsp3) is 0.727. The van der Waals surface area contributed by atoms with Crippen LogP contribution < -0.4 is 5.32 Å². The molecule has 0 saturated carbocycles. The third-order valence-corrected chi connectivity index (χ3v) is 15.7. The molecule has 2 unspecified atom stereocenters. The number of aliphatic hydroxyl groups is 2. The molecule has 0 spiro atoms. The first-order valence-corrected chi connectivity index (χ1v) is 35.2. The van der Waals surface area contributed by atoms with Gasteiger partial charge >= 0.3 is 0 Å². The van der Waals surface area contributed by atoms with E-state index in [0.29, 0.717) is 12.8 Å². The van der Waals surface area contributed by atoms with E-state index in [1.165, 1.54) is 212 Å². The first-order valence-electron chi connectivity index (χ1n) is 35.2. The van der Waals surface area contributed by atoms with Crippen molar-refractivity contribution in [2.45, 2.75) is 353 Å². The predicted octanol–water partition coefficient (Wildman–Crippen LogP) is 24.3. The van der Waals surface area contributed by atoms with Crippen molar-refractivity contribution in [1.29, 1.82) is 0 Å². The third-order valence-electron chi connectivity index (χ3n) is 15.7. The molecule has 0 aromatic carbocycles. The molecule has 0 aromatic heterocycles. The molecule has 0 radical (unpaired) electrons. The Labute approximate surface area is 505 Å². The summed E-state index contributed by atoms with van der Waals surface area (Å²) in [6.45, 7) is 4.26. The molecule has 0 heterocycles. The van der Waals surface area contributed by atoms with Gasteiger partial charge < -0.3 is 15.5 Å². The van der Waals surface area contributed by atoms with E-state index in [-0.39, 0.29) is 12.5 Å². The Bertz CT molecular complexity index is 1560. The van der Waals surface area contributed by atoms with Gasteiger partial charge in [-0.1, -0.05) is 367 Å². The molecule has 3 N–H and O–H groups in total. The van der Waals surface area contributed by atoms with Crippen LogP contribution in [0.15, 0.2) is 122 Å². The zero-order valence-electron chi connectivity index (χ0n) is 53.8. The number of amides is 1. The molecule has 2 atom stereocenters. The lowest BCUT2D eigenvalue weighted by Crippen LogP contribution is -2.45. The lowest BCUT2D eigenvalue weighted by atomic mass is 10.0. The molecule has 466 valence electrons. The first kappa shape index (κ1) is 77.8. The van der Waals surface area contributed by atoms with E-state index in [1.807, 2.05) is 0 Å². The number of nitrogens with one attached hydrogen (secondary N) is 1. The summed E-state index contributed by atoms with van der Waals surface area (Å²) in [6.07, 6.45) is 108. The van der Waals surface area contributed by atoms with E-state index in [2.05, 4.69) is 141 Å². The molecule has 1 amide bonds. The maximum absolute atomic E-state index is 12.6. The predicted molar refractivity (Wildman–Crippen MR) is 363 cm³/mol. The zero-order valence-corrected chi connectivity index (χ0v) is 53.8. The Kier molecular flexibility index (Phi) is 68.2. The van der Waals surface area contributed by atoms with Crippen molar-refractivity contribution in [3.05, 3.63) is 122 Å². The number of allylic oxidation sites excluding steroid dienone is 20. The summed E-state index contributed by atoms with van der Waals surface area (Å²) in [5.41, 5.74) is 0. The number of aliphatic hydroxyl groups excluding tert-OH is 2. The van der Waals surface area contributed by atoms with Crippen molar-refractivity contribution in [2.75, 3.05) is 6.61 Å². The Morgan fingerprint density at radius 3 is 0.815 bits per heavy atom. The van der Waals surface area contributed by atoms with Gasteiger partial charge in [0.05, 0.1) is 18.8 Å². The van der Waals surface area contributed by atoms with Gasteiger partial charge in [-0.25, -0.2) is 0 Å². The first-order chi connectivity index (χ1) is 40.2. The minimum Gasteiger partial charge on any atom is -0.394 e. The summed E-state index contributed by atoms with van der Waals surface area (Å²) in [6, 6.07) is -0.556. The Morgan fingerprint density at radius 2 is 0.543 bits per heavy atom. The van der Waals surface area contributed by atoms with Crippen molar-refractivity contribution in [2.24, 2.45) is 0 Å².